The highest BCUT2D eigenvalue weighted by Crippen LogP contribution is 2.14. The fraction of sp³-hybridized carbons (Fsp3) is 0.0667. The molecule has 5 nitrogen and oxygen atoms in total. The second-order valence-electron chi connectivity index (χ2n) is 4.37. The van der Waals surface area contributed by atoms with E-state index >= 15 is 0 Å². The van der Waals surface area contributed by atoms with Crippen molar-refractivity contribution in [2.45, 2.75) is 0 Å². The van der Waals surface area contributed by atoms with Gasteiger partial charge in [-0.1, -0.05) is 17.7 Å². The highest BCUT2D eigenvalue weighted by Gasteiger charge is 2.06. The summed E-state index contributed by atoms with van der Waals surface area (Å²) >= 11 is 5.79. The summed E-state index contributed by atoms with van der Waals surface area (Å²) in [5, 5.41) is 7.97. The lowest BCUT2D eigenvalue weighted by atomic mass is 10.3. The molecule has 0 fully saturated rings. The molecular formula is C15H13ClFN3O2. The SMILES string of the molecule is O=C(CNC(=O)Nc1cccc(Cl)c1)Nc1ccc(F)cc1. The van der Waals surface area contributed by atoms with Gasteiger partial charge in [-0.3, -0.25) is 4.79 Å². The molecule has 2 aromatic carbocycles. The Labute approximate surface area is 131 Å². The smallest absolute Gasteiger partial charge is 0.319 e. The van der Waals surface area contributed by atoms with Crippen molar-refractivity contribution in [3.63, 3.8) is 0 Å². The average molecular weight is 322 g/mol. The Balaban J connectivity index is 1.78. The van der Waals surface area contributed by atoms with Crippen molar-refractivity contribution < 1.29 is 14.0 Å². The van der Waals surface area contributed by atoms with E-state index in [9.17, 15) is 14.0 Å². The number of anilines is 2. The van der Waals surface area contributed by atoms with Gasteiger partial charge in [0.15, 0.2) is 0 Å². The predicted octanol–water partition coefficient (Wildman–Crippen LogP) is 3.24. The van der Waals surface area contributed by atoms with Crippen LogP contribution < -0.4 is 16.0 Å². The molecule has 0 aliphatic heterocycles. The molecule has 2 rings (SSSR count). The fourth-order valence-corrected chi connectivity index (χ4v) is 1.83. The fourth-order valence-electron chi connectivity index (χ4n) is 1.64. The van der Waals surface area contributed by atoms with Gasteiger partial charge in [-0.2, -0.15) is 0 Å². The Morgan fingerprint density at radius 3 is 2.41 bits per heavy atom. The van der Waals surface area contributed by atoms with E-state index in [2.05, 4.69) is 16.0 Å². The van der Waals surface area contributed by atoms with Crippen molar-refractivity contribution in [1.82, 2.24) is 5.32 Å². The van der Waals surface area contributed by atoms with E-state index in [0.29, 0.717) is 16.4 Å². The summed E-state index contributed by atoms with van der Waals surface area (Å²) in [6, 6.07) is 11.4. The topological polar surface area (TPSA) is 70.2 Å². The predicted molar refractivity (Wildman–Crippen MR) is 83.5 cm³/mol. The molecule has 0 radical (unpaired) electrons. The number of rotatable bonds is 4. The van der Waals surface area contributed by atoms with Gasteiger partial charge in [0.25, 0.3) is 0 Å². The molecule has 2 aromatic rings. The van der Waals surface area contributed by atoms with Crippen molar-refractivity contribution in [2.24, 2.45) is 0 Å². The summed E-state index contributed by atoms with van der Waals surface area (Å²) in [7, 11) is 0. The highest BCUT2D eigenvalue weighted by molar-refractivity contribution is 6.30. The molecule has 0 saturated carbocycles. The maximum atomic E-state index is 12.7. The molecule has 0 saturated heterocycles. The van der Waals surface area contributed by atoms with Crippen LogP contribution in [0, 0.1) is 5.82 Å². The first-order valence-electron chi connectivity index (χ1n) is 6.39. The number of hydrogen-bond acceptors (Lipinski definition) is 2. The Morgan fingerprint density at radius 1 is 1.00 bits per heavy atom. The van der Waals surface area contributed by atoms with Gasteiger partial charge >= 0.3 is 6.03 Å². The minimum atomic E-state index is -0.531. The molecule has 7 heteroatoms. The van der Waals surface area contributed by atoms with E-state index in [0.717, 1.165) is 0 Å². The number of carbonyl (C=O) groups excluding carboxylic acids is 2. The van der Waals surface area contributed by atoms with Crippen LogP contribution in [0.15, 0.2) is 48.5 Å². The molecule has 3 N–H and O–H groups in total. The lowest BCUT2D eigenvalue weighted by Crippen LogP contribution is -2.35. The van der Waals surface area contributed by atoms with Crippen LogP contribution in [-0.2, 0) is 4.79 Å². The van der Waals surface area contributed by atoms with Crippen LogP contribution in [0.2, 0.25) is 5.02 Å². The summed E-state index contributed by atoms with van der Waals surface area (Å²) in [5.74, 6) is -0.815. The summed E-state index contributed by atoms with van der Waals surface area (Å²) < 4.78 is 12.7. The second-order valence-corrected chi connectivity index (χ2v) is 4.81. The molecule has 114 valence electrons. The quantitative estimate of drug-likeness (QED) is 0.809. The molecule has 0 aliphatic carbocycles. The summed E-state index contributed by atoms with van der Waals surface area (Å²) in [6.45, 7) is -0.218. The zero-order valence-corrected chi connectivity index (χ0v) is 12.2. The lowest BCUT2D eigenvalue weighted by molar-refractivity contribution is -0.115. The normalized spacial score (nSPS) is 9.91. The molecular weight excluding hydrogens is 309 g/mol. The third kappa shape index (κ3) is 5.06. The van der Waals surface area contributed by atoms with Crippen molar-refractivity contribution in [3.05, 3.63) is 59.4 Å². The summed E-state index contributed by atoms with van der Waals surface area (Å²) in [5.41, 5.74) is 0.965. The molecule has 0 bridgehead atoms. The maximum absolute atomic E-state index is 12.7. The summed E-state index contributed by atoms with van der Waals surface area (Å²) in [4.78, 5) is 23.3. The Morgan fingerprint density at radius 2 is 1.73 bits per heavy atom. The molecule has 0 heterocycles. The first-order valence-corrected chi connectivity index (χ1v) is 6.76. The van der Waals surface area contributed by atoms with Gasteiger partial charge in [0.1, 0.15) is 5.82 Å². The first kappa shape index (κ1) is 15.8. The molecule has 22 heavy (non-hydrogen) atoms. The molecule has 0 aliphatic rings. The molecule has 0 atom stereocenters. The molecule has 0 unspecified atom stereocenters. The van der Waals surface area contributed by atoms with Crippen LogP contribution in [0.25, 0.3) is 0 Å². The Bertz CT molecular complexity index is 677. The van der Waals surface area contributed by atoms with Crippen molar-refractivity contribution >= 4 is 34.9 Å². The van der Waals surface area contributed by atoms with E-state index in [1.807, 2.05) is 0 Å². The van der Waals surface area contributed by atoms with Crippen molar-refractivity contribution in [1.29, 1.82) is 0 Å². The first-order chi connectivity index (χ1) is 10.5. The largest absolute Gasteiger partial charge is 0.329 e. The van der Waals surface area contributed by atoms with Crippen LogP contribution in [0.4, 0.5) is 20.6 Å². The monoisotopic (exact) mass is 321 g/mol. The van der Waals surface area contributed by atoms with Gasteiger partial charge in [-0.25, -0.2) is 9.18 Å². The second kappa shape index (κ2) is 7.42. The number of benzene rings is 2. The molecule has 0 spiro atoms. The van der Waals surface area contributed by atoms with Crippen LogP contribution in [0.3, 0.4) is 0 Å². The molecule has 0 aromatic heterocycles. The van der Waals surface area contributed by atoms with Crippen LogP contribution in [-0.4, -0.2) is 18.5 Å². The van der Waals surface area contributed by atoms with Crippen LogP contribution >= 0.6 is 11.6 Å². The third-order valence-corrected chi connectivity index (χ3v) is 2.86. The molecule has 3 amide bonds. The number of carbonyl (C=O) groups is 2. The minimum Gasteiger partial charge on any atom is -0.329 e. The van der Waals surface area contributed by atoms with Gasteiger partial charge in [0.05, 0.1) is 6.54 Å². The zero-order chi connectivity index (χ0) is 15.9. The van der Waals surface area contributed by atoms with Crippen LogP contribution in [0.5, 0.6) is 0 Å². The van der Waals surface area contributed by atoms with E-state index in [1.165, 1.54) is 24.3 Å². The summed E-state index contributed by atoms with van der Waals surface area (Å²) in [6.07, 6.45) is 0. The van der Waals surface area contributed by atoms with Gasteiger partial charge in [0.2, 0.25) is 5.91 Å². The van der Waals surface area contributed by atoms with Crippen molar-refractivity contribution in [3.8, 4) is 0 Å². The minimum absolute atomic E-state index is 0.218. The van der Waals surface area contributed by atoms with Crippen LogP contribution in [0.1, 0.15) is 0 Å². The van der Waals surface area contributed by atoms with E-state index in [1.54, 1.807) is 24.3 Å². The number of nitrogens with one attached hydrogen (secondary N) is 3. The van der Waals surface area contributed by atoms with Gasteiger partial charge in [0, 0.05) is 16.4 Å². The van der Waals surface area contributed by atoms with E-state index in [-0.39, 0.29) is 6.54 Å². The maximum Gasteiger partial charge on any atom is 0.319 e. The lowest BCUT2D eigenvalue weighted by Gasteiger charge is -2.08. The third-order valence-electron chi connectivity index (χ3n) is 2.62. The number of hydrogen-bond donors (Lipinski definition) is 3. The number of amides is 3. The van der Waals surface area contributed by atoms with Gasteiger partial charge < -0.3 is 16.0 Å². The average Bonchev–Trinajstić information content (AvgIpc) is 2.48. The van der Waals surface area contributed by atoms with Gasteiger partial charge in [-0.05, 0) is 42.5 Å². The number of urea groups is 1. The van der Waals surface area contributed by atoms with E-state index in [4.69, 9.17) is 11.6 Å². The van der Waals surface area contributed by atoms with Gasteiger partial charge in [-0.15, -0.1) is 0 Å². The number of halogens is 2. The Kier molecular flexibility index (Phi) is 5.32. The Hall–Kier alpha value is -2.60. The zero-order valence-electron chi connectivity index (χ0n) is 11.4. The highest BCUT2D eigenvalue weighted by atomic mass is 35.5. The van der Waals surface area contributed by atoms with E-state index < -0.39 is 17.8 Å². The van der Waals surface area contributed by atoms with Crippen molar-refractivity contribution in [2.75, 3.05) is 17.2 Å². The standard InChI is InChI=1S/C15H13ClFN3O2/c16-10-2-1-3-13(8-10)20-15(22)18-9-14(21)19-12-6-4-11(17)5-7-12/h1-8H,9H2,(H,19,21)(H2,18,20,22).